The van der Waals surface area contributed by atoms with Gasteiger partial charge in [0.05, 0.1) is 0 Å². The van der Waals surface area contributed by atoms with E-state index >= 15 is 0 Å². The molecule has 0 unspecified atom stereocenters. The fraction of sp³-hybridized carbons (Fsp3) is 0.455. The molecular weight excluding hydrogens is 182 g/mol. The molecule has 0 radical (unpaired) electrons. The minimum absolute atomic E-state index is 0. The fourth-order valence-electron chi connectivity index (χ4n) is 1.17. The van der Waals surface area contributed by atoms with Gasteiger partial charge in [-0.25, -0.2) is 0 Å². The van der Waals surface area contributed by atoms with Crippen LogP contribution in [0.5, 0.6) is 0 Å². The topological polar surface area (TPSA) is 26.0 Å². The largest absolute Gasteiger partial charge is 0.324 e. The van der Waals surface area contributed by atoms with E-state index < -0.39 is 0 Å². The summed E-state index contributed by atoms with van der Waals surface area (Å²) in [5, 5.41) is 0. The lowest BCUT2D eigenvalue weighted by atomic mass is 9.96. The van der Waals surface area contributed by atoms with Crippen LogP contribution in [-0.2, 0) is 0 Å². The molecule has 2 heteroatoms. The molecule has 1 aromatic rings. The van der Waals surface area contributed by atoms with E-state index in [1.165, 1.54) is 11.1 Å². The number of hydrogen-bond donors (Lipinski definition) is 1. The van der Waals surface area contributed by atoms with E-state index in [1.807, 2.05) is 0 Å². The van der Waals surface area contributed by atoms with Crippen molar-refractivity contribution in [2.45, 2.75) is 26.8 Å². The highest BCUT2D eigenvalue weighted by atomic mass is 35.5. The lowest BCUT2D eigenvalue weighted by Crippen LogP contribution is -2.16. The summed E-state index contributed by atoms with van der Waals surface area (Å²) in [4.78, 5) is 0. The predicted molar refractivity (Wildman–Crippen MR) is 60.2 cm³/mol. The van der Waals surface area contributed by atoms with Crippen molar-refractivity contribution in [1.82, 2.24) is 0 Å². The summed E-state index contributed by atoms with van der Waals surface area (Å²) in [7, 11) is 0. The van der Waals surface area contributed by atoms with Crippen LogP contribution in [-0.4, -0.2) is 0 Å². The Morgan fingerprint density at radius 3 is 1.92 bits per heavy atom. The van der Waals surface area contributed by atoms with Crippen molar-refractivity contribution in [3.8, 4) is 0 Å². The molecule has 0 spiro atoms. The van der Waals surface area contributed by atoms with E-state index in [2.05, 4.69) is 45.0 Å². The van der Waals surface area contributed by atoms with Crippen molar-refractivity contribution in [2.75, 3.05) is 0 Å². The molecule has 13 heavy (non-hydrogen) atoms. The van der Waals surface area contributed by atoms with Crippen molar-refractivity contribution in [3.05, 3.63) is 35.4 Å². The number of benzene rings is 1. The molecule has 1 atom stereocenters. The Labute approximate surface area is 86.7 Å². The number of hydrogen-bond acceptors (Lipinski definition) is 1. The smallest absolute Gasteiger partial charge is 0.0318 e. The number of halogens is 1. The van der Waals surface area contributed by atoms with E-state index in [9.17, 15) is 0 Å². The lowest BCUT2D eigenvalue weighted by molar-refractivity contribution is 0.514. The molecule has 2 N–H and O–H groups in total. The number of rotatable bonds is 2. The predicted octanol–water partition coefficient (Wildman–Crippen LogP) is 3.07. The first-order chi connectivity index (χ1) is 5.61. The van der Waals surface area contributed by atoms with Crippen LogP contribution in [0.4, 0.5) is 0 Å². The Hall–Kier alpha value is -0.530. The summed E-state index contributed by atoms with van der Waals surface area (Å²) in [6.45, 7) is 6.37. The molecule has 0 aliphatic carbocycles. The molecule has 0 saturated carbocycles. The maximum Gasteiger partial charge on any atom is 0.0318 e. The summed E-state index contributed by atoms with van der Waals surface area (Å²) >= 11 is 0. The van der Waals surface area contributed by atoms with Gasteiger partial charge in [-0.3, -0.25) is 0 Å². The zero-order valence-electron chi connectivity index (χ0n) is 8.45. The van der Waals surface area contributed by atoms with Gasteiger partial charge >= 0.3 is 0 Å². The van der Waals surface area contributed by atoms with E-state index in [-0.39, 0.29) is 18.4 Å². The van der Waals surface area contributed by atoms with Crippen LogP contribution in [0.15, 0.2) is 24.3 Å². The van der Waals surface area contributed by atoms with Crippen molar-refractivity contribution in [2.24, 2.45) is 11.7 Å². The molecule has 1 rings (SSSR count). The molecule has 1 aromatic carbocycles. The average molecular weight is 200 g/mol. The van der Waals surface area contributed by atoms with Crippen LogP contribution in [0.25, 0.3) is 0 Å². The highest BCUT2D eigenvalue weighted by Crippen LogP contribution is 2.18. The molecule has 0 aliphatic heterocycles. The van der Waals surface area contributed by atoms with E-state index in [4.69, 9.17) is 5.73 Å². The molecule has 0 fully saturated rings. The molecule has 0 aromatic heterocycles. The Morgan fingerprint density at radius 1 is 1.08 bits per heavy atom. The maximum absolute atomic E-state index is 5.99. The Kier molecular flexibility index (Phi) is 5.04. The quantitative estimate of drug-likeness (QED) is 0.779. The summed E-state index contributed by atoms with van der Waals surface area (Å²) in [5.74, 6) is 0.507. The molecule has 0 bridgehead atoms. The molecule has 74 valence electrons. The van der Waals surface area contributed by atoms with E-state index in [1.54, 1.807) is 0 Å². The lowest BCUT2D eigenvalue weighted by Gasteiger charge is -2.15. The zero-order chi connectivity index (χ0) is 9.14. The van der Waals surface area contributed by atoms with Crippen molar-refractivity contribution >= 4 is 12.4 Å². The molecular formula is C11H18ClN. The Morgan fingerprint density at radius 2 is 1.54 bits per heavy atom. The van der Waals surface area contributed by atoms with Gasteiger partial charge in [0.2, 0.25) is 0 Å². The van der Waals surface area contributed by atoms with Gasteiger partial charge in [-0.15, -0.1) is 12.4 Å². The van der Waals surface area contributed by atoms with Gasteiger partial charge in [-0.1, -0.05) is 43.7 Å². The monoisotopic (exact) mass is 199 g/mol. The molecule has 0 aliphatic rings. The molecule has 1 nitrogen and oxygen atoms in total. The fourth-order valence-corrected chi connectivity index (χ4v) is 1.17. The van der Waals surface area contributed by atoms with Crippen LogP contribution in [0.1, 0.15) is 31.0 Å². The molecule has 0 saturated heterocycles. The Balaban J connectivity index is 0.00000144. The first-order valence-electron chi connectivity index (χ1n) is 4.43. The second-order valence-corrected chi connectivity index (χ2v) is 3.68. The van der Waals surface area contributed by atoms with Crippen LogP contribution in [0, 0.1) is 12.8 Å². The van der Waals surface area contributed by atoms with E-state index in [0.29, 0.717) is 5.92 Å². The van der Waals surface area contributed by atoms with Crippen molar-refractivity contribution in [1.29, 1.82) is 0 Å². The summed E-state index contributed by atoms with van der Waals surface area (Å²) < 4.78 is 0. The summed E-state index contributed by atoms with van der Waals surface area (Å²) in [5.41, 5.74) is 8.51. The third-order valence-corrected chi connectivity index (χ3v) is 2.18. The molecule has 0 amide bonds. The number of aryl methyl sites for hydroxylation is 1. The third-order valence-electron chi connectivity index (χ3n) is 2.18. The van der Waals surface area contributed by atoms with Crippen LogP contribution < -0.4 is 5.73 Å². The SMILES string of the molecule is Cc1ccc([C@H](N)C(C)C)cc1.Cl. The van der Waals surface area contributed by atoms with Gasteiger partial charge in [-0.05, 0) is 18.4 Å². The van der Waals surface area contributed by atoms with Gasteiger partial charge in [-0.2, -0.15) is 0 Å². The zero-order valence-corrected chi connectivity index (χ0v) is 9.27. The van der Waals surface area contributed by atoms with Crippen LogP contribution >= 0.6 is 12.4 Å². The molecule has 0 heterocycles. The van der Waals surface area contributed by atoms with Gasteiger partial charge in [0.15, 0.2) is 0 Å². The maximum atomic E-state index is 5.99. The first-order valence-corrected chi connectivity index (χ1v) is 4.43. The van der Waals surface area contributed by atoms with Crippen molar-refractivity contribution < 1.29 is 0 Å². The van der Waals surface area contributed by atoms with Gasteiger partial charge in [0, 0.05) is 6.04 Å². The van der Waals surface area contributed by atoms with E-state index in [0.717, 1.165) is 0 Å². The second-order valence-electron chi connectivity index (χ2n) is 3.68. The Bertz CT molecular complexity index is 241. The third kappa shape index (κ3) is 3.37. The highest BCUT2D eigenvalue weighted by Gasteiger charge is 2.08. The minimum atomic E-state index is 0. The normalized spacial score (nSPS) is 12.4. The average Bonchev–Trinajstić information content (AvgIpc) is 2.04. The summed E-state index contributed by atoms with van der Waals surface area (Å²) in [6.07, 6.45) is 0. The standard InChI is InChI=1S/C11H17N.ClH/c1-8(2)11(12)10-6-4-9(3)5-7-10;/h4-8,11H,12H2,1-3H3;1H/t11-;/m1./s1. The van der Waals surface area contributed by atoms with Gasteiger partial charge < -0.3 is 5.73 Å². The summed E-state index contributed by atoms with van der Waals surface area (Å²) in [6, 6.07) is 8.61. The first kappa shape index (κ1) is 12.5. The van der Waals surface area contributed by atoms with Crippen molar-refractivity contribution in [3.63, 3.8) is 0 Å². The highest BCUT2D eigenvalue weighted by molar-refractivity contribution is 5.85. The number of nitrogens with two attached hydrogens (primary N) is 1. The van der Waals surface area contributed by atoms with Crippen LogP contribution in [0.3, 0.4) is 0 Å². The minimum Gasteiger partial charge on any atom is -0.324 e. The van der Waals surface area contributed by atoms with Gasteiger partial charge in [0.25, 0.3) is 0 Å². The second kappa shape index (κ2) is 5.25. The van der Waals surface area contributed by atoms with Crippen LogP contribution in [0.2, 0.25) is 0 Å². The van der Waals surface area contributed by atoms with Gasteiger partial charge in [0.1, 0.15) is 0 Å².